The van der Waals surface area contributed by atoms with Gasteiger partial charge >= 0.3 is 0 Å². The maximum absolute atomic E-state index is 12.3. The molecule has 2 aromatic rings. The predicted octanol–water partition coefficient (Wildman–Crippen LogP) is 2.31. The van der Waals surface area contributed by atoms with Crippen LogP contribution >= 0.6 is 0 Å². The highest BCUT2D eigenvalue weighted by atomic mass is 16.1. The van der Waals surface area contributed by atoms with E-state index in [1.807, 2.05) is 24.5 Å². The quantitative estimate of drug-likeness (QED) is 0.856. The van der Waals surface area contributed by atoms with E-state index in [-0.39, 0.29) is 11.8 Å². The molecule has 0 spiro atoms. The molecule has 1 saturated heterocycles. The number of carbonyl (C=O) groups excluding carboxylic acids is 1. The Kier molecular flexibility index (Phi) is 2.45. The summed E-state index contributed by atoms with van der Waals surface area (Å²) in [6.45, 7) is 0.953. The first-order chi connectivity index (χ1) is 9.33. The van der Waals surface area contributed by atoms with Crippen LogP contribution in [0, 0.1) is 0 Å². The van der Waals surface area contributed by atoms with Crippen LogP contribution in [-0.4, -0.2) is 27.9 Å². The van der Waals surface area contributed by atoms with E-state index in [0.29, 0.717) is 6.04 Å². The highest BCUT2D eigenvalue weighted by Gasteiger charge is 2.26. The van der Waals surface area contributed by atoms with Gasteiger partial charge in [0.15, 0.2) is 5.78 Å². The van der Waals surface area contributed by atoms with Crippen molar-refractivity contribution in [1.82, 2.24) is 14.9 Å². The third-order valence-electron chi connectivity index (χ3n) is 4.18. The Morgan fingerprint density at radius 2 is 2.21 bits per heavy atom. The number of hydrogen-bond acceptors (Lipinski definition) is 3. The molecule has 98 valence electrons. The lowest BCUT2D eigenvalue weighted by Crippen LogP contribution is -2.30. The van der Waals surface area contributed by atoms with Crippen LogP contribution in [0.1, 0.15) is 42.1 Å². The molecule has 1 aliphatic carbocycles. The van der Waals surface area contributed by atoms with Crippen LogP contribution < -0.4 is 5.32 Å². The topological polar surface area (TPSA) is 46.9 Å². The van der Waals surface area contributed by atoms with Gasteiger partial charge in [-0.2, -0.15) is 0 Å². The molecule has 1 aliphatic heterocycles. The minimum absolute atomic E-state index is 0.00275. The van der Waals surface area contributed by atoms with Crippen LogP contribution in [0.3, 0.4) is 0 Å². The van der Waals surface area contributed by atoms with E-state index in [1.165, 1.54) is 12.8 Å². The summed E-state index contributed by atoms with van der Waals surface area (Å²) in [5.41, 5.74) is 2.88. The maximum atomic E-state index is 12.3. The molecular weight excluding hydrogens is 238 g/mol. The van der Waals surface area contributed by atoms with Gasteiger partial charge < -0.3 is 9.88 Å². The minimum atomic E-state index is 0.00275. The number of fused-ring (bicyclic) bond motifs is 1. The Morgan fingerprint density at radius 1 is 1.32 bits per heavy atom. The summed E-state index contributed by atoms with van der Waals surface area (Å²) < 4.78 is 2.23. The SMILES string of the molecule is O=C(c1ccc2c(c1)ncn2C1CC1)C1CCCN1. The first-order valence-corrected chi connectivity index (χ1v) is 7.07. The van der Waals surface area contributed by atoms with E-state index < -0.39 is 0 Å². The standard InChI is InChI=1S/C15H17N3O/c19-15(12-2-1-7-16-12)10-3-6-14-13(8-10)17-9-18(14)11-4-5-11/h3,6,8-9,11-12,16H,1-2,4-5,7H2. The number of imidazole rings is 1. The summed E-state index contributed by atoms with van der Waals surface area (Å²) in [5.74, 6) is 0.209. The maximum Gasteiger partial charge on any atom is 0.179 e. The highest BCUT2D eigenvalue weighted by Crippen LogP contribution is 2.37. The van der Waals surface area contributed by atoms with Gasteiger partial charge in [-0.3, -0.25) is 4.79 Å². The zero-order valence-corrected chi connectivity index (χ0v) is 10.8. The Hall–Kier alpha value is -1.68. The van der Waals surface area contributed by atoms with Gasteiger partial charge in [0, 0.05) is 11.6 Å². The molecule has 19 heavy (non-hydrogen) atoms. The molecule has 0 amide bonds. The Bertz CT molecular complexity index is 636. The summed E-state index contributed by atoms with van der Waals surface area (Å²) in [4.78, 5) is 16.8. The molecule has 2 heterocycles. The van der Waals surface area contributed by atoms with E-state index in [0.717, 1.165) is 36.0 Å². The molecule has 1 aromatic heterocycles. The Morgan fingerprint density at radius 3 is 2.95 bits per heavy atom. The van der Waals surface area contributed by atoms with E-state index >= 15 is 0 Å². The monoisotopic (exact) mass is 255 g/mol. The fourth-order valence-corrected chi connectivity index (χ4v) is 2.94. The van der Waals surface area contributed by atoms with Crippen LogP contribution in [0.15, 0.2) is 24.5 Å². The van der Waals surface area contributed by atoms with Crippen LogP contribution in [-0.2, 0) is 0 Å². The molecule has 4 nitrogen and oxygen atoms in total. The third-order valence-corrected chi connectivity index (χ3v) is 4.18. The van der Waals surface area contributed by atoms with Gasteiger partial charge in [-0.15, -0.1) is 0 Å². The molecule has 0 bridgehead atoms. The number of nitrogens with one attached hydrogen (secondary N) is 1. The van der Waals surface area contributed by atoms with Gasteiger partial charge in [0.25, 0.3) is 0 Å². The van der Waals surface area contributed by atoms with E-state index in [1.54, 1.807) is 0 Å². The summed E-state index contributed by atoms with van der Waals surface area (Å²) in [6, 6.07) is 6.57. The van der Waals surface area contributed by atoms with Crippen LogP contribution in [0.5, 0.6) is 0 Å². The van der Waals surface area contributed by atoms with Crippen molar-refractivity contribution < 1.29 is 4.79 Å². The number of Topliss-reactive ketones (excluding diaryl/α,β-unsaturated/α-hetero) is 1. The second-order valence-corrected chi connectivity index (χ2v) is 5.60. The van der Waals surface area contributed by atoms with Gasteiger partial charge in [0.1, 0.15) is 0 Å². The average molecular weight is 255 g/mol. The van der Waals surface area contributed by atoms with E-state index in [9.17, 15) is 4.79 Å². The zero-order chi connectivity index (χ0) is 12.8. The number of carbonyl (C=O) groups is 1. The molecule has 4 rings (SSSR count). The lowest BCUT2D eigenvalue weighted by atomic mass is 10.0. The Labute approximate surface area is 111 Å². The number of ketones is 1. The highest BCUT2D eigenvalue weighted by molar-refractivity contribution is 6.02. The van der Waals surface area contributed by atoms with Crippen molar-refractivity contribution >= 4 is 16.8 Å². The van der Waals surface area contributed by atoms with E-state index in [2.05, 4.69) is 14.9 Å². The zero-order valence-electron chi connectivity index (χ0n) is 10.8. The van der Waals surface area contributed by atoms with Crippen molar-refractivity contribution in [3.63, 3.8) is 0 Å². The van der Waals surface area contributed by atoms with Gasteiger partial charge in [-0.1, -0.05) is 0 Å². The number of nitrogens with zero attached hydrogens (tertiary/aromatic N) is 2. The van der Waals surface area contributed by atoms with E-state index in [4.69, 9.17) is 0 Å². The van der Waals surface area contributed by atoms with Crippen molar-refractivity contribution in [2.45, 2.75) is 37.8 Å². The number of aromatic nitrogens is 2. The van der Waals surface area contributed by atoms with Gasteiger partial charge in [-0.05, 0) is 50.4 Å². The molecule has 2 aliphatic rings. The molecule has 0 radical (unpaired) electrons. The predicted molar refractivity (Wildman–Crippen MR) is 73.4 cm³/mol. The first-order valence-electron chi connectivity index (χ1n) is 7.07. The molecule has 1 saturated carbocycles. The molecule has 1 aromatic carbocycles. The summed E-state index contributed by atoms with van der Waals surface area (Å²) >= 11 is 0. The third kappa shape index (κ3) is 1.87. The minimum Gasteiger partial charge on any atom is -0.327 e. The van der Waals surface area contributed by atoms with Crippen molar-refractivity contribution in [3.05, 3.63) is 30.1 Å². The number of benzene rings is 1. The van der Waals surface area contributed by atoms with Crippen molar-refractivity contribution in [2.75, 3.05) is 6.54 Å². The molecule has 2 fully saturated rings. The van der Waals surface area contributed by atoms with Gasteiger partial charge in [-0.25, -0.2) is 4.98 Å². The van der Waals surface area contributed by atoms with Crippen LogP contribution in [0.2, 0.25) is 0 Å². The molecule has 4 heteroatoms. The van der Waals surface area contributed by atoms with Crippen molar-refractivity contribution in [1.29, 1.82) is 0 Å². The smallest absolute Gasteiger partial charge is 0.179 e. The Balaban J connectivity index is 1.69. The van der Waals surface area contributed by atoms with Gasteiger partial charge in [0.05, 0.1) is 23.4 Å². The molecular formula is C15H17N3O. The summed E-state index contributed by atoms with van der Waals surface area (Å²) in [7, 11) is 0. The van der Waals surface area contributed by atoms with Crippen molar-refractivity contribution in [2.24, 2.45) is 0 Å². The van der Waals surface area contributed by atoms with Crippen LogP contribution in [0.4, 0.5) is 0 Å². The lowest BCUT2D eigenvalue weighted by Gasteiger charge is -2.09. The largest absolute Gasteiger partial charge is 0.327 e. The number of rotatable bonds is 3. The second kappa shape index (κ2) is 4.17. The first kappa shape index (κ1) is 11.2. The summed E-state index contributed by atoms with van der Waals surface area (Å²) in [6.07, 6.45) is 6.45. The second-order valence-electron chi connectivity index (χ2n) is 5.60. The number of hydrogen-bond donors (Lipinski definition) is 1. The normalized spacial score (nSPS) is 23.1. The van der Waals surface area contributed by atoms with Crippen molar-refractivity contribution in [3.8, 4) is 0 Å². The van der Waals surface area contributed by atoms with Gasteiger partial charge in [0.2, 0.25) is 0 Å². The lowest BCUT2D eigenvalue weighted by molar-refractivity contribution is 0.0952. The molecule has 1 unspecified atom stereocenters. The fraction of sp³-hybridized carbons (Fsp3) is 0.467. The molecule has 1 atom stereocenters. The summed E-state index contributed by atoms with van der Waals surface area (Å²) in [5, 5.41) is 3.26. The average Bonchev–Trinajstić information content (AvgIpc) is 2.99. The fourth-order valence-electron chi connectivity index (χ4n) is 2.94. The van der Waals surface area contributed by atoms with Crippen LogP contribution in [0.25, 0.3) is 11.0 Å². The molecule has 1 N–H and O–H groups in total.